The Balaban J connectivity index is 3.24. The minimum Gasteiger partial charge on any atom is -0.392 e. The van der Waals surface area contributed by atoms with Crippen molar-refractivity contribution in [1.82, 2.24) is 5.32 Å². The second kappa shape index (κ2) is 6.38. The van der Waals surface area contributed by atoms with Gasteiger partial charge in [0.2, 0.25) is 0 Å². The van der Waals surface area contributed by atoms with E-state index in [2.05, 4.69) is 5.32 Å². The maximum absolute atomic E-state index is 9.34. The zero-order chi connectivity index (χ0) is 8.69. The molecule has 0 aliphatic carbocycles. The Morgan fingerprint density at radius 3 is 2.55 bits per heavy atom. The molecule has 0 aromatic rings. The molecule has 0 bridgehead atoms. The first-order valence-corrected chi connectivity index (χ1v) is 4.18. The molecule has 2 nitrogen and oxygen atoms in total. The molecular weight excluding hydrogens is 138 g/mol. The Kier molecular flexibility index (Phi) is 6.18. The number of aliphatic hydroxyl groups is 1. The van der Waals surface area contributed by atoms with Gasteiger partial charge in [-0.1, -0.05) is 26.0 Å². The number of hydrogen-bond acceptors (Lipinski definition) is 2. The van der Waals surface area contributed by atoms with E-state index < -0.39 is 0 Å². The van der Waals surface area contributed by atoms with Gasteiger partial charge in [-0.15, -0.1) is 0 Å². The van der Waals surface area contributed by atoms with Crippen LogP contribution in [0.15, 0.2) is 12.2 Å². The van der Waals surface area contributed by atoms with Crippen LogP contribution < -0.4 is 5.32 Å². The van der Waals surface area contributed by atoms with Gasteiger partial charge < -0.3 is 10.4 Å². The van der Waals surface area contributed by atoms with Gasteiger partial charge in [0.25, 0.3) is 0 Å². The van der Waals surface area contributed by atoms with Crippen molar-refractivity contribution in [1.29, 1.82) is 0 Å². The summed E-state index contributed by atoms with van der Waals surface area (Å²) in [6.07, 6.45) is 3.81. The molecule has 11 heavy (non-hydrogen) atoms. The van der Waals surface area contributed by atoms with E-state index in [1.807, 2.05) is 32.9 Å². The van der Waals surface area contributed by atoms with Crippen molar-refractivity contribution in [3.63, 3.8) is 0 Å². The highest BCUT2D eigenvalue weighted by Gasteiger charge is 2.06. The maximum Gasteiger partial charge on any atom is 0.0687 e. The number of rotatable bonds is 5. The monoisotopic (exact) mass is 157 g/mol. The minimum absolute atomic E-state index is 0.222. The van der Waals surface area contributed by atoms with E-state index in [9.17, 15) is 5.11 Å². The van der Waals surface area contributed by atoms with Gasteiger partial charge in [-0.3, -0.25) is 0 Å². The fourth-order valence-corrected chi connectivity index (χ4v) is 0.668. The Morgan fingerprint density at radius 2 is 2.09 bits per heavy atom. The summed E-state index contributed by atoms with van der Waals surface area (Å²) in [6.45, 7) is 7.55. The molecule has 1 atom stereocenters. The van der Waals surface area contributed by atoms with Crippen LogP contribution in [0.1, 0.15) is 20.8 Å². The number of allylic oxidation sites excluding steroid dienone is 1. The normalized spacial score (nSPS) is 14.6. The molecule has 2 N–H and O–H groups in total. The summed E-state index contributed by atoms with van der Waals surface area (Å²) >= 11 is 0. The van der Waals surface area contributed by atoms with Crippen LogP contribution in [-0.4, -0.2) is 24.3 Å². The lowest BCUT2D eigenvalue weighted by Crippen LogP contribution is -2.30. The third kappa shape index (κ3) is 6.07. The van der Waals surface area contributed by atoms with Gasteiger partial charge in [-0.2, -0.15) is 0 Å². The van der Waals surface area contributed by atoms with Crippen molar-refractivity contribution in [3.05, 3.63) is 12.2 Å². The molecule has 0 heterocycles. The Bertz CT molecular complexity index is 110. The van der Waals surface area contributed by atoms with E-state index in [1.165, 1.54) is 0 Å². The molecular formula is C9H19NO. The highest BCUT2D eigenvalue weighted by molar-refractivity contribution is 4.79. The van der Waals surface area contributed by atoms with Crippen LogP contribution in [0.2, 0.25) is 0 Å². The van der Waals surface area contributed by atoms with Crippen LogP contribution in [0.25, 0.3) is 0 Å². The molecule has 0 spiro atoms. The summed E-state index contributed by atoms with van der Waals surface area (Å²) in [5, 5.41) is 12.5. The first-order chi connectivity index (χ1) is 5.18. The zero-order valence-corrected chi connectivity index (χ0v) is 7.67. The summed E-state index contributed by atoms with van der Waals surface area (Å²) in [6, 6.07) is 0. The van der Waals surface area contributed by atoms with Crippen LogP contribution >= 0.6 is 0 Å². The first kappa shape index (κ1) is 10.7. The minimum atomic E-state index is -0.222. The summed E-state index contributed by atoms with van der Waals surface area (Å²) in [5.74, 6) is 0.341. The number of aliphatic hydroxyl groups excluding tert-OH is 1. The number of hydrogen-bond donors (Lipinski definition) is 2. The SMILES string of the molecule is C/C=C/CNCC(O)C(C)C. The second-order valence-corrected chi connectivity index (χ2v) is 3.04. The van der Waals surface area contributed by atoms with Gasteiger partial charge in [-0.05, 0) is 12.8 Å². The van der Waals surface area contributed by atoms with Crippen LogP contribution in [0, 0.1) is 5.92 Å². The summed E-state index contributed by atoms with van der Waals surface area (Å²) in [4.78, 5) is 0. The van der Waals surface area contributed by atoms with Crippen molar-refractivity contribution >= 4 is 0 Å². The zero-order valence-electron chi connectivity index (χ0n) is 7.67. The van der Waals surface area contributed by atoms with Crippen LogP contribution in [0.3, 0.4) is 0 Å². The molecule has 0 aromatic heterocycles. The second-order valence-electron chi connectivity index (χ2n) is 3.04. The summed E-state index contributed by atoms with van der Waals surface area (Å²) < 4.78 is 0. The molecule has 2 heteroatoms. The lowest BCUT2D eigenvalue weighted by molar-refractivity contribution is 0.125. The van der Waals surface area contributed by atoms with Gasteiger partial charge in [0.15, 0.2) is 0 Å². The predicted molar refractivity (Wildman–Crippen MR) is 48.5 cm³/mol. The van der Waals surface area contributed by atoms with E-state index in [0.29, 0.717) is 12.5 Å². The van der Waals surface area contributed by atoms with Gasteiger partial charge in [0.1, 0.15) is 0 Å². The van der Waals surface area contributed by atoms with Crippen molar-refractivity contribution in [2.24, 2.45) is 5.92 Å². The highest BCUT2D eigenvalue weighted by atomic mass is 16.3. The van der Waals surface area contributed by atoms with Crippen molar-refractivity contribution in [2.75, 3.05) is 13.1 Å². The summed E-state index contributed by atoms with van der Waals surface area (Å²) in [5.41, 5.74) is 0. The Morgan fingerprint density at radius 1 is 1.45 bits per heavy atom. The smallest absolute Gasteiger partial charge is 0.0687 e. The highest BCUT2D eigenvalue weighted by Crippen LogP contribution is 1.98. The van der Waals surface area contributed by atoms with Gasteiger partial charge in [0, 0.05) is 13.1 Å². The van der Waals surface area contributed by atoms with Gasteiger partial charge in [0.05, 0.1) is 6.10 Å². The average Bonchev–Trinajstić information content (AvgIpc) is 1.97. The van der Waals surface area contributed by atoms with E-state index in [0.717, 1.165) is 6.54 Å². The molecule has 0 amide bonds. The van der Waals surface area contributed by atoms with Crippen LogP contribution in [-0.2, 0) is 0 Å². The maximum atomic E-state index is 9.34. The third-order valence-corrected chi connectivity index (χ3v) is 1.62. The molecule has 0 rings (SSSR count). The quantitative estimate of drug-likeness (QED) is 0.464. The standard InChI is InChI=1S/C9H19NO/c1-4-5-6-10-7-9(11)8(2)3/h4-5,8-11H,6-7H2,1-3H3/b5-4+. The van der Waals surface area contributed by atoms with E-state index in [1.54, 1.807) is 0 Å². The average molecular weight is 157 g/mol. The number of nitrogens with one attached hydrogen (secondary N) is 1. The van der Waals surface area contributed by atoms with Gasteiger partial charge >= 0.3 is 0 Å². The Hall–Kier alpha value is -0.340. The third-order valence-electron chi connectivity index (χ3n) is 1.62. The fraction of sp³-hybridized carbons (Fsp3) is 0.778. The molecule has 1 unspecified atom stereocenters. The van der Waals surface area contributed by atoms with Crippen LogP contribution in [0.5, 0.6) is 0 Å². The Labute approximate surface area is 69.3 Å². The fourth-order valence-electron chi connectivity index (χ4n) is 0.668. The lowest BCUT2D eigenvalue weighted by Gasteiger charge is -2.13. The largest absolute Gasteiger partial charge is 0.392 e. The molecule has 66 valence electrons. The van der Waals surface area contributed by atoms with Crippen molar-refractivity contribution in [3.8, 4) is 0 Å². The molecule has 0 radical (unpaired) electrons. The molecule has 0 saturated heterocycles. The molecule has 0 fully saturated rings. The molecule has 0 aliphatic heterocycles. The van der Waals surface area contributed by atoms with Gasteiger partial charge in [-0.25, -0.2) is 0 Å². The molecule has 0 aliphatic rings. The van der Waals surface area contributed by atoms with Crippen molar-refractivity contribution in [2.45, 2.75) is 26.9 Å². The predicted octanol–water partition coefficient (Wildman–Crippen LogP) is 1.17. The molecule has 0 saturated carbocycles. The summed E-state index contributed by atoms with van der Waals surface area (Å²) in [7, 11) is 0. The molecule has 0 aromatic carbocycles. The van der Waals surface area contributed by atoms with E-state index >= 15 is 0 Å². The lowest BCUT2D eigenvalue weighted by atomic mass is 10.1. The van der Waals surface area contributed by atoms with Crippen LogP contribution in [0.4, 0.5) is 0 Å². The van der Waals surface area contributed by atoms with E-state index in [4.69, 9.17) is 0 Å². The van der Waals surface area contributed by atoms with E-state index in [-0.39, 0.29) is 6.10 Å². The first-order valence-electron chi connectivity index (χ1n) is 4.18. The van der Waals surface area contributed by atoms with Crippen molar-refractivity contribution < 1.29 is 5.11 Å². The topological polar surface area (TPSA) is 32.3 Å².